The summed E-state index contributed by atoms with van der Waals surface area (Å²) in [6, 6.07) is 12.6. The van der Waals surface area contributed by atoms with Gasteiger partial charge in [-0.2, -0.15) is 4.68 Å². The normalized spacial score (nSPS) is 12.0. The quantitative estimate of drug-likeness (QED) is 0.208. The molecule has 0 aliphatic heterocycles. The molecule has 4 aromatic rings. The first-order chi connectivity index (χ1) is 21.4. The van der Waals surface area contributed by atoms with Crippen molar-refractivity contribution < 1.29 is 23.9 Å². The predicted octanol–water partition coefficient (Wildman–Crippen LogP) is 5.00. The summed E-state index contributed by atoms with van der Waals surface area (Å²) in [5.41, 5.74) is 2.40. The highest BCUT2D eigenvalue weighted by atomic mass is 35.5. The highest BCUT2D eigenvalue weighted by Gasteiger charge is 2.22. The lowest BCUT2D eigenvalue weighted by Crippen LogP contribution is -2.40. The van der Waals surface area contributed by atoms with Gasteiger partial charge < -0.3 is 20.1 Å². The molecule has 0 fully saturated rings. The number of methoxy groups -OCH3 is 1. The van der Waals surface area contributed by atoms with E-state index in [2.05, 4.69) is 46.4 Å². The Morgan fingerprint density at radius 2 is 1.78 bits per heavy atom. The van der Waals surface area contributed by atoms with Gasteiger partial charge in [-0.25, -0.2) is 9.59 Å². The third-order valence-corrected chi connectivity index (χ3v) is 6.46. The molecule has 0 aliphatic rings. The molecule has 3 amide bonds. The molecule has 0 saturated heterocycles. The topological polar surface area (TPSA) is 175 Å². The number of carbonyl (C=O) groups is 3. The fraction of sp³-hybridized carbons (Fsp3) is 0.241. The van der Waals surface area contributed by atoms with Crippen LogP contribution in [0.15, 0.2) is 60.9 Å². The van der Waals surface area contributed by atoms with Crippen LogP contribution in [-0.4, -0.2) is 67.8 Å². The molecule has 3 N–H and O–H groups in total. The number of halogens is 2. The monoisotopic (exact) mass is 653 g/mol. The molecule has 1 atom stereocenters. The Hall–Kier alpha value is -5.08. The number of aromatic nitrogens is 6. The summed E-state index contributed by atoms with van der Waals surface area (Å²) in [5.74, 6) is -0.513. The summed E-state index contributed by atoms with van der Waals surface area (Å²) in [6.07, 6.45) is 2.98. The van der Waals surface area contributed by atoms with Crippen molar-refractivity contribution in [3.63, 3.8) is 0 Å². The first-order valence-electron chi connectivity index (χ1n) is 13.4. The van der Waals surface area contributed by atoms with Crippen molar-refractivity contribution in [3.8, 4) is 16.9 Å². The van der Waals surface area contributed by atoms with Crippen molar-refractivity contribution >= 4 is 53.1 Å². The summed E-state index contributed by atoms with van der Waals surface area (Å²) < 4.78 is 11.4. The first kappa shape index (κ1) is 32.8. The average Bonchev–Trinajstić information content (AvgIpc) is 3.53. The van der Waals surface area contributed by atoms with Crippen molar-refractivity contribution in [1.29, 1.82) is 0 Å². The van der Waals surface area contributed by atoms with Crippen LogP contribution in [0.1, 0.15) is 37.9 Å². The summed E-state index contributed by atoms with van der Waals surface area (Å²) in [6.45, 7) is 5.11. The van der Waals surface area contributed by atoms with E-state index in [9.17, 15) is 14.4 Å². The average molecular weight is 655 g/mol. The minimum atomic E-state index is -0.852. The predicted molar refractivity (Wildman–Crippen MR) is 167 cm³/mol. The number of rotatable bonds is 9. The Balaban J connectivity index is 1.60. The van der Waals surface area contributed by atoms with Crippen LogP contribution in [0.2, 0.25) is 10.2 Å². The van der Waals surface area contributed by atoms with E-state index in [-0.39, 0.29) is 11.7 Å². The molecule has 234 valence electrons. The summed E-state index contributed by atoms with van der Waals surface area (Å²) >= 11 is 12.7. The first-order valence-corrected chi connectivity index (χ1v) is 14.1. The number of anilines is 1. The van der Waals surface area contributed by atoms with E-state index < -0.39 is 29.7 Å². The van der Waals surface area contributed by atoms with Crippen molar-refractivity contribution in [2.45, 2.75) is 32.4 Å². The van der Waals surface area contributed by atoms with Crippen LogP contribution in [-0.2, 0) is 14.3 Å². The zero-order chi connectivity index (χ0) is 32.6. The van der Waals surface area contributed by atoms with Gasteiger partial charge in [0.1, 0.15) is 11.9 Å². The second kappa shape index (κ2) is 14.6. The van der Waals surface area contributed by atoms with E-state index in [1.165, 1.54) is 24.2 Å². The van der Waals surface area contributed by atoms with Crippen molar-refractivity contribution in [3.05, 3.63) is 82.2 Å². The van der Waals surface area contributed by atoms with Gasteiger partial charge in [0, 0.05) is 40.0 Å². The fourth-order valence-corrected chi connectivity index (χ4v) is 4.34. The lowest BCUT2D eigenvalue weighted by Gasteiger charge is -2.23. The molecule has 0 saturated carbocycles. The standard InChI is InChI=1S/C29H29Cl2N9O5/c1-29(2,3)45-27(42)32-15-23(35-25(41)12-7-18-13-19(30)8-11-24(18)40-16-33-38-39-40)21-14-22(36-37-26(21)31)17-5-9-20(10-6-17)34-28(43)44-4/h5-14,16,23H,15H2,1-4H3,(H,32,42)(H,34,43)(H,35,41)/b12-7+. The van der Waals surface area contributed by atoms with E-state index in [0.717, 1.165) is 0 Å². The number of alkyl carbamates (subject to hydrolysis) is 1. The van der Waals surface area contributed by atoms with Gasteiger partial charge in [0.15, 0.2) is 5.15 Å². The zero-order valence-electron chi connectivity index (χ0n) is 24.6. The van der Waals surface area contributed by atoms with E-state index in [0.29, 0.717) is 38.8 Å². The molecule has 2 aromatic carbocycles. The van der Waals surface area contributed by atoms with Crippen LogP contribution in [0, 0.1) is 0 Å². The number of nitrogens with one attached hydrogen (secondary N) is 3. The molecule has 2 aromatic heterocycles. The number of ether oxygens (including phenoxy) is 2. The van der Waals surface area contributed by atoms with E-state index >= 15 is 0 Å². The number of carbonyl (C=O) groups excluding carboxylic acids is 3. The third-order valence-electron chi connectivity index (χ3n) is 5.93. The van der Waals surface area contributed by atoms with Crippen molar-refractivity contribution in [2.75, 3.05) is 19.0 Å². The van der Waals surface area contributed by atoms with Crippen LogP contribution < -0.4 is 16.0 Å². The van der Waals surface area contributed by atoms with Crippen LogP contribution in [0.5, 0.6) is 0 Å². The Morgan fingerprint density at radius 3 is 2.44 bits per heavy atom. The van der Waals surface area contributed by atoms with E-state index in [4.69, 9.17) is 27.9 Å². The van der Waals surface area contributed by atoms with Crippen molar-refractivity contribution in [2.24, 2.45) is 0 Å². The Labute approximate surface area is 268 Å². The minimum absolute atomic E-state index is 0.0128. The highest BCUT2D eigenvalue weighted by molar-refractivity contribution is 6.31. The fourth-order valence-electron chi connectivity index (χ4n) is 3.93. The number of hydrogen-bond acceptors (Lipinski definition) is 10. The maximum absolute atomic E-state index is 13.2. The molecule has 14 nitrogen and oxygen atoms in total. The van der Waals surface area contributed by atoms with Crippen LogP contribution in [0.25, 0.3) is 23.0 Å². The molecule has 2 heterocycles. The Bertz CT molecular complexity index is 1690. The van der Waals surface area contributed by atoms with Gasteiger partial charge in [0.05, 0.1) is 24.5 Å². The molecule has 4 rings (SSSR count). The summed E-state index contributed by atoms with van der Waals surface area (Å²) in [7, 11) is 1.27. The maximum atomic E-state index is 13.2. The third kappa shape index (κ3) is 9.45. The lowest BCUT2D eigenvalue weighted by molar-refractivity contribution is -0.117. The SMILES string of the molecule is COC(=O)Nc1ccc(-c2cc(C(CNC(=O)OC(C)(C)C)NC(=O)/C=C/c3cc(Cl)ccc3-n3cnnn3)c(Cl)nn2)cc1. The largest absolute Gasteiger partial charge is 0.453 e. The van der Waals surface area contributed by atoms with Crippen LogP contribution in [0.4, 0.5) is 15.3 Å². The van der Waals surface area contributed by atoms with Crippen LogP contribution in [0.3, 0.4) is 0 Å². The number of amides is 3. The molecule has 0 radical (unpaired) electrons. The van der Waals surface area contributed by atoms with Gasteiger partial charge in [0.2, 0.25) is 5.91 Å². The summed E-state index contributed by atoms with van der Waals surface area (Å²) in [5, 5.41) is 28.0. The Kier molecular flexibility index (Phi) is 10.6. The van der Waals surface area contributed by atoms with Gasteiger partial charge in [-0.1, -0.05) is 35.3 Å². The van der Waals surface area contributed by atoms with Gasteiger partial charge in [-0.05, 0) is 73.7 Å². The molecule has 0 aliphatic carbocycles. The van der Waals surface area contributed by atoms with Crippen LogP contribution >= 0.6 is 23.2 Å². The second-order valence-electron chi connectivity index (χ2n) is 10.4. The van der Waals surface area contributed by atoms with Crippen molar-refractivity contribution in [1.82, 2.24) is 41.0 Å². The van der Waals surface area contributed by atoms with E-state index in [1.807, 2.05) is 0 Å². The molecular formula is C29H29Cl2N9O5. The van der Waals surface area contributed by atoms with Gasteiger partial charge in [-0.3, -0.25) is 10.1 Å². The molecular weight excluding hydrogens is 625 g/mol. The lowest BCUT2D eigenvalue weighted by atomic mass is 10.0. The number of benzene rings is 2. The molecule has 16 heteroatoms. The number of nitrogens with zero attached hydrogens (tertiary/aromatic N) is 6. The van der Waals surface area contributed by atoms with Gasteiger partial charge in [0.25, 0.3) is 0 Å². The minimum Gasteiger partial charge on any atom is -0.453 e. The van der Waals surface area contributed by atoms with E-state index in [1.54, 1.807) is 75.4 Å². The molecule has 0 bridgehead atoms. The Morgan fingerprint density at radius 1 is 1.02 bits per heavy atom. The highest BCUT2D eigenvalue weighted by Crippen LogP contribution is 2.27. The number of tetrazole rings is 1. The molecule has 1 unspecified atom stereocenters. The summed E-state index contributed by atoms with van der Waals surface area (Å²) in [4.78, 5) is 37.2. The van der Waals surface area contributed by atoms with Gasteiger partial charge in [-0.15, -0.1) is 15.3 Å². The smallest absolute Gasteiger partial charge is 0.411 e. The number of hydrogen-bond donors (Lipinski definition) is 3. The maximum Gasteiger partial charge on any atom is 0.411 e. The molecule has 0 spiro atoms. The molecule has 45 heavy (non-hydrogen) atoms. The zero-order valence-corrected chi connectivity index (χ0v) is 26.1. The van der Waals surface area contributed by atoms with Gasteiger partial charge >= 0.3 is 12.2 Å². The second-order valence-corrected chi connectivity index (χ2v) is 11.2.